The highest BCUT2D eigenvalue weighted by Crippen LogP contribution is 2.28. The molecule has 0 aromatic heterocycles. The quantitative estimate of drug-likeness (QED) is 0.756. The molecular weight excluding hydrogens is 361 g/mol. The molecule has 2 rings (SSSR count). The Balaban J connectivity index is 2.90. The van der Waals surface area contributed by atoms with Crippen molar-refractivity contribution in [3.63, 3.8) is 0 Å². The Morgan fingerprint density at radius 1 is 1.30 bits per heavy atom. The number of rotatable bonds is 1. The Labute approximate surface area is 121 Å². The van der Waals surface area contributed by atoms with E-state index in [1.807, 2.05) is 0 Å². The standard InChI is InChI=1S/C11H10BrF3N2O2S/c1-6(2)17-5-7-3-8(12)4-9(11(13,14)15)10(7)16-20(17,18)19/h3-6H,1-2H3. The molecule has 0 unspecified atom stereocenters. The van der Waals surface area contributed by atoms with Gasteiger partial charge in [-0.3, -0.25) is 4.31 Å². The second-order valence-corrected chi connectivity index (χ2v) is 6.93. The van der Waals surface area contributed by atoms with Gasteiger partial charge in [0.05, 0.1) is 10.9 Å². The first-order chi connectivity index (χ1) is 9.02. The van der Waals surface area contributed by atoms with Gasteiger partial charge in [-0.05, 0) is 26.0 Å². The molecule has 110 valence electrons. The lowest BCUT2D eigenvalue weighted by Gasteiger charge is -2.24. The third kappa shape index (κ3) is 2.69. The molecule has 0 spiro atoms. The van der Waals surface area contributed by atoms with Crippen LogP contribution in [0.2, 0.25) is 0 Å². The third-order valence-corrected chi connectivity index (χ3v) is 4.59. The van der Waals surface area contributed by atoms with Gasteiger partial charge in [0, 0.05) is 21.9 Å². The molecule has 20 heavy (non-hydrogen) atoms. The summed E-state index contributed by atoms with van der Waals surface area (Å²) in [6.45, 7) is 3.22. The minimum atomic E-state index is -4.68. The van der Waals surface area contributed by atoms with Crippen LogP contribution in [0.3, 0.4) is 0 Å². The smallest absolute Gasteiger partial charge is 0.256 e. The molecule has 0 saturated heterocycles. The summed E-state index contributed by atoms with van der Waals surface area (Å²) < 4.78 is 67.1. The summed E-state index contributed by atoms with van der Waals surface area (Å²) in [5.41, 5.74) is -1.08. The molecule has 1 heterocycles. The number of fused-ring (bicyclic) bond motifs is 1. The van der Waals surface area contributed by atoms with Gasteiger partial charge >= 0.3 is 16.4 Å². The van der Waals surface area contributed by atoms with E-state index in [0.29, 0.717) is 0 Å². The molecule has 0 radical (unpaired) electrons. The normalized spacial score (nSPS) is 17.4. The molecule has 1 aliphatic heterocycles. The Morgan fingerprint density at radius 2 is 1.90 bits per heavy atom. The van der Waals surface area contributed by atoms with Crippen molar-refractivity contribution in [3.8, 4) is 0 Å². The van der Waals surface area contributed by atoms with Crippen LogP contribution in [0.25, 0.3) is 6.20 Å². The minimum Gasteiger partial charge on any atom is -0.256 e. The number of nitrogens with zero attached hydrogens (tertiary/aromatic N) is 2. The van der Waals surface area contributed by atoms with Crippen LogP contribution in [0, 0.1) is 0 Å². The molecule has 0 saturated carbocycles. The highest BCUT2D eigenvalue weighted by atomic mass is 79.9. The fraction of sp³-hybridized carbons (Fsp3) is 0.364. The number of hydrogen-bond acceptors (Lipinski definition) is 2. The summed E-state index contributed by atoms with van der Waals surface area (Å²) in [5, 5.41) is -0.465. The van der Waals surface area contributed by atoms with Crippen LogP contribution in [0.4, 0.5) is 13.2 Å². The molecular formula is C11H10BrF3N2O2S. The molecule has 1 aromatic carbocycles. The molecule has 4 nitrogen and oxygen atoms in total. The first kappa shape index (κ1) is 15.3. The fourth-order valence-corrected chi connectivity index (χ4v) is 3.60. The van der Waals surface area contributed by atoms with E-state index < -0.39 is 33.3 Å². The fourth-order valence-electron chi connectivity index (χ4n) is 1.82. The van der Waals surface area contributed by atoms with E-state index in [9.17, 15) is 21.6 Å². The molecule has 0 N–H and O–H groups in total. The average molecular weight is 371 g/mol. The van der Waals surface area contributed by atoms with Crippen LogP contribution in [-0.2, 0) is 16.4 Å². The van der Waals surface area contributed by atoms with Crippen LogP contribution in [0.5, 0.6) is 0 Å². The van der Waals surface area contributed by atoms with Gasteiger partial charge < -0.3 is 0 Å². The Hall–Kier alpha value is -1.09. The van der Waals surface area contributed by atoms with E-state index in [1.165, 1.54) is 12.3 Å². The van der Waals surface area contributed by atoms with Gasteiger partial charge in [0.15, 0.2) is 0 Å². The van der Waals surface area contributed by atoms with Crippen molar-refractivity contribution in [1.29, 1.82) is 0 Å². The van der Waals surface area contributed by atoms with E-state index in [2.05, 4.69) is 20.3 Å². The molecule has 1 aliphatic rings. The third-order valence-electron chi connectivity index (χ3n) is 2.66. The zero-order valence-corrected chi connectivity index (χ0v) is 12.8. The molecule has 0 atom stereocenters. The number of halogens is 4. The van der Waals surface area contributed by atoms with Gasteiger partial charge in [0.1, 0.15) is 0 Å². The lowest BCUT2D eigenvalue weighted by atomic mass is 10.1. The SMILES string of the molecule is CC(C)N1C=c2cc(Br)cc(C(F)(F)F)c2=NS1(=O)=O. The molecule has 0 amide bonds. The van der Waals surface area contributed by atoms with Crippen molar-refractivity contribution in [1.82, 2.24) is 4.31 Å². The maximum Gasteiger partial charge on any atom is 0.418 e. The zero-order valence-electron chi connectivity index (χ0n) is 10.4. The summed E-state index contributed by atoms with van der Waals surface area (Å²) in [4.78, 5) is 0. The lowest BCUT2D eigenvalue weighted by Crippen LogP contribution is -2.44. The van der Waals surface area contributed by atoms with E-state index in [0.717, 1.165) is 10.4 Å². The largest absolute Gasteiger partial charge is 0.418 e. The Morgan fingerprint density at radius 3 is 2.40 bits per heavy atom. The molecule has 9 heteroatoms. The first-order valence-electron chi connectivity index (χ1n) is 5.54. The molecule has 0 fully saturated rings. The van der Waals surface area contributed by atoms with Crippen molar-refractivity contribution in [2.24, 2.45) is 4.40 Å². The minimum absolute atomic E-state index is 0.107. The molecule has 0 bridgehead atoms. The monoisotopic (exact) mass is 370 g/mol. The highest BCUT2D eigenvalue weighted by Gasteiger charge is 2.35. The Kier molecular flexibility index (Phi) is 3.62. The van der Waals surface area contributed by atoms with Crippen molar-refractivity contribution < 1.29 is 21.6 Å². The van der Waals surface area contributed by atoms with Crippen LogP contribution in [0.15, 0.2) is 21.0 Å². The maximum atomic E-state index is 13.0. The number of alkyl halides is 3. The summed E-state index contributed by atoms with van der Waals surface area (Å²) in [6, 6.07) is 1.78. The van der Waals surface area contributed by atoms with E-state index in [-0.39, 0.29) is 9.69 Å². The van der Waals surface area contributed by atoms with Crippen molar-refractivity contribution in [2.45, 2.75) is 26.1 Å². The van der Waals surface area contributed by atoms with Crippen LogP contribution >= 0.6 is 15.9 Å². The van der Waals surface area contributed by atoms with E-state index in [4.69, 9.17) is 0 Å². The van der Waals surface area contributed by atoms with Crippen molar-refractivity contribution >= 4 is 32.3 Å². The number of hydrogen-bond donors (Lipinski definition) is 0. The van der Waals surface area contributed by atoms with Gasteiger partial charge in [0.2, 0.25) is 0 Å². The van der Waals surface area contributed by atoms with Crippen molar-refractivity contribution in [2.75, 3.05) is 0 Å². The van der Waals surface area contributed by atoms with Gasteiger partial charge in [0.25, 0.3) is 0 Å². The second kappa shape index (κ2) is 4.73. The van der Waals surface area contributed by atoms with Crippen LogP contribution < -0.4 is 10.6 Å². The summed E-state index contributed by atoms with van der Waals surface area (Å²) >= 11 is 2.99. The highest BCUT2D eigenvalue weighted by molar-refractivity contribution is 9.10. The second-order valence-electron chi connectivity index (χ2n) is 4.51. The van der Waals surface area contributed by atoms with Gasteiger partial charge in [-0.15, -0.1) is 4.40 Å². The summed E-state index contributed by atoms with van der Waals surface area (Å²) in [5.74, 6) is 0. The summed E-state index contributed by atoms with van der Waals surface area (Å²) in [6.07, 6.45) is -3.51. The number of benzene rings is 1. The lowest BCUT2D eigenvalue weighted by molar-refractivity contribution is -0.138. The van der Waals surface area contributed by atoms with Gasteiger partial charge in [-0.2, -0.15) is 21.6 Å². The van der Waals surface area contributed by atoms with Gasteiger partial charge in [-0.25, -0.2) is 0 Å². The predicted molar refractivity (Wildman–Crippen MR) is 70.3 cm³/mol. The van der Waals surface area contributed by atoms with Crippen molar-refractivity contribution in [3.05, 3.63) is 32.7 Å². The zero-order chi connectivity index (χ0) is 15.3. The van der Waals surface area contributed by atoms with Crippen LogP contribution in [-0.4, -0.2) is 18.8 Å². The Bertz CT molecular complexity index is 772. The average Bonchev–Trinajstić information content (AvgIpc) is 2.25. The van der Waals surface area contributed by atoms with E-state index >= 15 is 0 Å². The summed E-state index contributed by atoms with van der Waals surface area (Å²) in [7, 11) is -4.14. The van der Waals surface area contributed by atoms with E-state index in [1.54, 1.807) is 13.8 Å². The van der Waals surface area contributed by atoms with Gasteiger partial charge in [-0.1, -0.05) is 15.9 Å². The predicted octanol–water partition coefficient (Wildman–Crippen LogP) is 1.79. The maximum absolute atomic E-state index is 13.0. The van der Waals surface area contributed by atoms with Crippen LogP contribution in [0.1, 0.15) is 19.4 Å². The topological polar surface area (TPSA) is 49.7 Å². The molecule has 0 aliphatic carbocycles. The molecule has 1 aromatic rings. The first-order valence-corrected chi connectivity index (χ1v) is 7.73.